The smallest absolute Gasteiger partial charge is 0.309 e. The Balaban J connectivity index is 1.40. The van der Waals surface area contributed by atoms with E-state index >= 15 is 0 Å². The highest BCUT2D eigenvalue weighted by atomic mass is 19.4. The lowest BCUT2D eigenvalue weighted by atomic mass is 10.0. The van der Waals surface area contributed by atoms with Crippen LogP contribution in [0.4, 0.5) is 26.3 Å². The zero-order valence-electron chi connectivity index (χ0n) is 20.0. The summed E-state index contributed by atoms with van der Waals surface area (Å²) in [7, 11) is 2.14. The topological polar surface area (TPSA) is 28.2 Å². The first-order chi connectivity index (χ1) is 16.9. The number of likely N-dealkylation sites (N-methyl/N-ethyl adjacent to an activating group) is 1. The molecule has 5 rings (SSSR count). The fraction of sp³-hybridized carbons (Fsp3) is 0.444. The van der Waals surface area contributed by atoms with E-state index in [4.69, 9.17) is 4.98 Å². The minimum Gasteiger partial charge on any atom is -0.309 e. The van der Waals surface area contributed by atoms with Crippen molar-refractivity contribution in [3.05, 3.63) is 76.0 Å². The van der Waals surface area contributed by atoms with Crippen LogP contribution < -0.4 is 5.32 Å². The van der Waals surface area contributed by atoms with E-state index in [0.29, 0.717) is 18.6 Å². The molecule has 0 saturated heterocycles. The van der Waals surface area contributed by atoms with Gasteiger partial charge in [-0.1, -0.05) is 18.2 Å². The molecule has 1 N–H and O–H groups in total. The van der Waals surface area contributed by atoms with Crippen molar-refractivity contribution in [2.24, 2.45) is 0 Å². The predicted octanol–water partition coefficient (Wildman–Crippen LogP) is 6.82. The molecular formula is C27H27F6N3. The summed E-state index contributed by atoms with van der Waals surface area (Å²) in [4.78, 5) is 7.41. The average molecular weight is 508 g/mol. The van der Waals surface area contributed by atoms with E-state index in [1.54, 1.807) is 0 Å². The van der Waals surface area contributed by atoms with Crippen LogP contribution in [-0.4, -0.2) is 29.0 Å². The predicted molar refractivity (Wildman–Crippen MR) is 125 cm³/mol. The largest absolute Gasteiger partial charge is 0.416 e. The van der Waals surface area contributed by atoms with Crippen LogP contribution in [0, 0.1) is 6.92 Å². The van der Waals surface area contributed by atoms with Crippen molar-refractivity contribution in [2.45, 2.75) is 69.6 Å². The first-order valence-electron chi connectivity index (χ1n) is 12.0. The van der Waals surface area contributed by atoms with Crippen molar-refractivity contribution >= 4 is 10.9 Å². The molecule has 2 fully saturated rings. The number of hydrogen-bond donors (Lipinski definition) is 1. The van der Waals surface area contributed by atoms with Crippen LogP contribution in [0.5, 0.6) is 0 Å². The summed E-state index contributed by atoms with van der Waals surface area (Å²) in [6.07, 6.45) is -6.33. The molecule has 2 atom stereocenters. The van der Waals surface area contributed by atoms with Gasteiger partial charge in [-0.2, -0.15) is 26.3 Å². The number of aryl methyl sites for hydroxylation is 1. The monoisotopic (exact) mass is 507 g/mol. The summed E-state index contributed by atoms with van der Waals surface area (Å²) in [5, 5.41) is 4.03. The van der Waals surface area contributed by atoms with E-state index in [9.17, 15) is 26.3 Å². The summed E-state index contributed by atoms with van der Waals surface area (Å²) in [6.45, 7) is 2.16. The van der Waals surface area contributed by atoms with Crippen LogP contribution in [-0.2, 0) is 25.4 Å². The van der Waals surface area contributed by atoms with Crippen LogP contribution in [0.25, 0.3) is 10.9 Å². The van der Waals surface area contributed by atoms with Gasteiger partial charge in [0.05, 0.1) is 22.3 Å². The second-order valence-corrected chi connectivity index (χ2v) is 10.0. The number of nitrogens with one attached hydrogen (secondary N) is 1. The highest BCUT2D eigenvalue weighted by Crippen LogP contribution is 2.48. The molecule has 2 unspecified atom stereocenters. The van der Waals surface area contributed by atoms with Crippen molar-refractivity contribution in [1.82, 2.24) is 15.2 Å². The number of rotatable bonds is 7. The Kier molecular flexibility index (Phi) is 6.27. The van der Waals surface area contributed by atoms with Gasteiger partial charge < -0.3 is 5.32 Å². The fourth-order valence-electron chi connectivity index (χ4n) is 5.01. The van der Waals surface area contributed by atoms with E-state index in [2.05, 4.69) is 17.3 Å². The maximum Gasteiger partial charge on any atom is 0.416 e. The SMILES string of the molecule is Cc1cccc2cc(CNCc3cc(C(F)(F)F)cc(C(F)(F)F)c3)c(C3CC3N(C)C3CC3)nc12. The first-order valence-corrected chi connectivity index (χ1v) is 12.0. The van der Waals surface area contributed by atoms with Crippen LogP contribution >= 0.6 is 0 Å². The number of para-hydroxylation sites is 1. The zero-order valence-corrected chi connectivity index (χ0v) is 20.0. The molecule has 2 aliphatic carbocycles. The van der Waals surface area contributed by atoms with Crippen LogP contribution in [0.1, 0.15) is 58.7 Å². The molecule has 0 spiro atoms. The number of pyridine rings is 1. The quantitative estimate of drug-likeness (QED) is 0.356. The molecule has 1 aromatic heterocycles. The lowest BCUT2D eigenvalue weighted by Crippen LogP contribution is -2.24. The molecule has 3 aromatic rings. The molecule has 2 aliphatic rings. The van der Waals surface area contributed by atoms with E-state index < -0.39 is 23.5 Å². The Morgan fingerprint density at radius 3 is 2.22 bits per heavy atom. The van der Waals surface area contributed by atoms with Crippen molar-refractivity contribution in [2.75, 3.05) is 7.05 Å². The third-order valence-corrected chi connectivity index (χ3v) is 7.21. The number of nitrogens with zero attached hydrogens (tertiary/aromatic N) is 2. The van der Waals surface area contributed by atoms with Crippen LogP contribution in [0.2, 0.25) is 0 Å². The average Bonchev–Trinajstić information content (AvgIpc) is 3.71. The Hall–Kier alpha value is -2.65. The Morgan fingerprint density at radius 2 is 1.61 bits per heavy atom. The van der Waals surface area contributed by atoms with Gasteiger partial charge in [0.2, 0.25) is 0 Å². The second-order valence-electron chi connectivity index (χ2n) is 10.0. The van der Waals surface area contributed by atoms with Gasteiger partial charge in [0, 0.05) is 36.5 Å². The van der Waals surface area contributed by atoms with E-state index in [1.165, 1.54) is 12.8 Å². The summed E-state index contributed by atoms with van der Waals surface area (Å²) >= 11 is 0. The Bertz CT molecular complexity index is 1250. The molecule has 0 bridgehead atoms. The van der Waals surface area contributed by atoms with E-state index in [1.807, 2.05) is 31.2 Å². The first kappa shape index (κ1) is 25.0. The number of alkyl halides is 6. The zero-order chi connectivity index (χ0) is 25.8. The number of benzene rings is 2. The number of aromatic nitrogens is 1. The summed E-state index contributed by atoms with van der Waals surface area (Å²) in [6, 6.07) is 10.7. The summed E-state index contributed by atoms with van der Waals surface area (Å²) < 4.78 is 79.3. The van der Waals surface area contributed by atoms with E-state index in [0.717, 1.165) is 46.3 Å². The maximum atomic E-state index is 13.2. The normalized spacial score (nSPS) is 20.4. The lowest BCUT2D eigenvalue weighted by molar-refractivity contribution is -0.143. The molecular weight excluding hydrogens is 480 g/mol. The molecule has 2 aromatic carbocycles. The van der Waals surface area contributed by atoms with Gasteiger partial charge in [-0.25, -0.2) is 0 Å². The summed E-state index contributed by atoms with van der Waals surface area (Å²) in [5.41, 5.74) is 1.19. The summed E-state index contributed by atoms with van der Waals surface area (Å²) in [5.74, 6) is 0.266. The minimum atomic E-state index is -4.86. The molecule has 0 amide bonds. The molecule has 2 saturated carbocycles. The molecule has 0 aliphatic heterocycles. The minimum absolute atomic E-state index is 0.0685. The fourth-order valence-corrected chi connectivity index (χ4v) is 5.01. The molecule has 9 heteroatoms. The standard InChI is InChI=1S/C27H27F6N3/c1-15-4-3-5-17-10-18(25(35-24(15)17)22-12-23(22)36(2)21-6-7-21)14-34-13-16-8-19(26(28,29)30)11-20(9-16)27(31,32)33/h3-5,8-11,21-23,34H,6-7,12-14H2,1-2H3. The molecule has 3 nitrogen and oxygen atoms in total. The van der Waals surface area contributed by atoms with Gasteiger partial charge in [-0.3, -0.25) is 9.88 Å². The van der Waals surface area contributed by atoms with Crippen molar-refractivity contribution in [3.8, 4) is 0 Å². The lowest BCUT2D eigenvalue weighted by Gasteiger charge is -2.18. The van der Waals surface area contributed by atoms with Gasteiger partial charge in [0.1, 0.15) is 0 Å². The third kappa shape index (κ3) is 5.22. The third-order valence-electron chi connectivity index (χ3n) is 7.21. The second kappa shape index (κ2) is 9.03. The van der Waals surface area contributed by atoms with Crippen molar-refractivity contribution in [3.63, 3.8) is 0 Å². The number of hydrogen-bond acceptors (Lipinski definition) is 3. The van der Waals surface area contributed by atoms with Crippen LogP contribution in [0.3, 0.4) is 0 Å². The Labute approximate surface area is 205 Å². The molecule has 0 radical (unpaired) electrons. The maximum absolute atomic E-state index is 13.2. The highest BCUT2D eigenvalue weighted by Gasteiger charge is 2.47. The van der Waals surface area contributed by atoms with E-state index in [-0.39, 0.29) is 24.1 Å². The molecule has 36 heavy (non-hydrogen) atoms. The Morgan fingerprint density at radius 1 is 0.944 bits per heavy atom. The van der Waals surface area contributed by atoms with Gasteiger partial charge in [0.15, 0.2) is 0 Å². The number of fused-ring (bicyclic) bond motifs is 1. The molecule has 1 heterocycles. The van der Waals surface area contributed by atoms with Gasteiger partial charge in [-0.15, -0.1) is 0 Å². The molecule has 192 valence electrons. The van der Waals surface area contributed by atoms with Gasteiger partial charge in [0.25, 0.3) is 0 Å². The number of halogens is 6. The van der Waals surface area contributed by atoms with Gasteiger partial charge >= 0.3 is 12.4 Å². The van der Waals surface area contributed by atoms with Crippen molar-refractivity contribution < 1.29 is 26.3 Å². The van der Waals surface area contributed by atoms with Crippen LogP contribution in [0.15, 0.2) is 42.5 Å². The van der Waals surface area contributed by atoms with Gasteiger partial charge in [-0.05, 0) is 74.2 Å². The van der Waals surface area contributed by atoms with Crippen molar-refractivity contribution in [1.29, 1.82) is 0 Å². The highest BCUT2D eigenvalue weighted by molar-refractivity contribution is 5.82.